The molecule has 0 aromatic carbocycles. The fraction of sp³-hybridized carbons (Fsp3) is 0.462. The van der Waals surface area contributed by atoms with E-state index in [1.54, 1.807) is 0 Å². The molecule has 0 bridgehead atoms. The van der Waals surface area contributed by atoms with Crippen molar-refractivity contribution in [1.29, 1.82) is 0 Å². The van der Waals surface area contributed by atoms with Crippen molar-refractivity contribution >= 4 is 0 Å². The third kappa shape index (κ3) is 4.42. The van der Waals surface area contributed by atoms with Crippen molar-refractivity contribution in [2.45, 2.75) is 19.6 Å². The summed E-state index contributed by atoms with van der Waals surface area (Å²) in [4.78, 5) is 6.54. The number of rotatable bonds is 7. The Labute approximate surface area is 113 Å². The number of hydrogen-bond acceptors (Lipinski definition) is 5. The van der Waals surface area contributed by atoms with Gasteiger partial charge in [-0.05, 0) is 26.2 Å². The molecule has 0 aliphatic heterocycles. The van der Waals surface area contributed by atoms with E-state index in [9.17, 15) is 0 Å². The Morgan fingerprint density at radius 1 is 1.32 bits per heavy atom. The number of nitrogens with zero attached hydrogens (tertiary/aromatic N) is 5. The predicted octanol–water partition coefficient (Wildman–Crippen LogP) is 0.524. The van der Waals surface area contributed by atoms with Gasteiger partial charge in [-0.2, -0.15) is 0 Å². The van der Waals surface area contributed by atoms with Gasteiger partial charge in [0.2, 0.25) is 0 Å². The van der Waals surface area contributed by atoms with Crippen LogP contribution in [0.25, 0.3) is 0 Å². The molecule has 0 fully saturated rings. The van der Waals surface area contributed by atoms with Crippen LogP contribution in [-0.2, 0) is 19.6 Å². The van der Waals surface area contributed by atoms with Crippen LogP contribution in [-0.4, -0.2) is 45.5 Å². The second-order valence-corrected chi connectivity index (χ2v) is 4.56. The number of pyridine rings is 1. The molecule has 2 aromatic rings. The highest BCUT2D eigenvalue weighted by Crippen LogP contribution is 1.99. The summed E-state index contributed by atoms with van der Waals surface area (Å²) in [6, 6.07) is 5.98. The van der Waals surface area contributed by atoms with Crippen LogP contribution < -0.4 is 5.32 Å². The van der Waals surface area contributed by atoms with Gasteiger partial charge in [0.15, 0.2) is 0 Å². The van der Waals surface area contributed by atoms with Gasteiger partial charge in [0.05, 0.1) is 17.9 Å². The van der Waals surface area contributed by atoms with Gasteiger partial charge >= 0.3 is 0 Å². The first-order valence-corrected chi connectivity index (χ1v) is 6.40. The number of hydrogen-bond donors (Lipinski definition) is 1. The van der Waals surface area contributed by atoms with Gasteiger partial charge in [0.1, 0.15) is 0 Å². The Kier molecular flexibility index (Phi) is 5.00. The molecule has 19 heavy (non-hydrogen) atoms. The molecule has 0 radical (unpaired) electrons. The highest BCUT2D eigenvalue weighted by Gasteiger charge is 2.03. The van der Waals surface area contributed by atoms with Gasteiger partial charge in [0, 0.05) is 32.0 Å². The number of nitrogens with one attached hydrogen (secondary N) is 1. The van der Waals surface area contributed by atoms with E-state index in [2.05, 4.69) is 32.6 Å². The average Bonchev–Trinajstić information content (AvgIpc) is 2.86. The quantitative estimate of drug-likeness (QED) is 0.786. The van der Waals surface area contributed by atoms with Crippen LogP contribution in [0, 0.1) is 0 Å². The van der Waals surface area contributed by atoms with Crippen molar-refractivity contribution in [2.24, 2.45) is 0 Å². The summed E-state index contributed by atoms with van der Waals surface area (Å²) < 4.78 is 1.88. The topological polar surface area (TPSA) is 58.9 Å². The lowest BCUT2D eigenvalue weighted by molar-refractivity contribution is 0.300. The van der Waals surface area contributed by atoms with E-state index in [1.807, 2.05) is 42.3 Å². The van der Waals surface area contributed by atoms with Gasteiger partial charge in [-0.25, -0.2) is 0 Å². The molecule has 2 aromatic heterocycles. The fourth-order valence-corrected chi connectivity index (χ4v) is 1.83. The van der Waals surface area contributed by atoms with Gasteiger partial charge < -0.3 is 5.32 Å². The van der Waals surface area contributed by atoms with E-state index in [4.69, 9.17) is 0 Å². The molecule has 0 aliphatic carbocycles. The lowest BCUT2D eigenvalue weighted by Crippen LogP contribution is -2.23. The van der Waals surface area contributed by atoms with E-state index >= 15 is 0 Å². The van der Waals surface area contributed by atoms with Crippen LogP contribution in [0.4, 0.5) is 0 Å². The molecule has 2 heterocycles. The number of likely N-dealkylation sites (N-methyl/N-ethyl adjacent to an activating group) is 1. The van der Waals surface area contributed by atoms with Gasteiger partial charge in [-0.1, -0.05) is 11.3 Å². The van der Waals surface area contributed by atoms with Crippen molar-refractivity contribution in [3.8, 4) is 0 Å². The maximum atomic E-state index is 4.32. The normalized spacial score (nSPS) is 11.1. The maximum absolute atomic E-state index is 4.32. The Balaban J connectivity index is 1.78. The SMILES string of the molecule is CNCc1cn(CCN(C)Cc2ccccn2)nn1. The minimum atomic E-state index is 0.754. The van der Waals surface area contributed by atoms with Gasteiger partial charge in [0.25, 0.3) is 0 Å². The molecule has 2 rings (SSSR count). The highest BCUT2D eigenvalue weighted by molar-refractivity contribution is 5.03. The van der Waals surface area contributed by atoms with Crippen molar-refractivity contribution in [2.75, 3.05) is 20.6 Å². The molecule has 1 N–H and O–H groups in total. The predicted molar refractivity (Wildman–Crippen MR) is 73.4 cm³/mol. The molecule has 6 heteroatoms. The molecule has 0 saturated heterocycles. The van der Waals surface area contributed by atoms with Crippen LogP contribution >= 0.6 is 0 Å². The van der Waals surface area contributed by atoms with Crippen LogP contribution in [0.3, 0.4) is 0 Å². The Morgan fingerprint density at radius 3 is 2.95 bits per heavy atom. The molecule has 0 atom stereocenters. The highest BCUT2D eigenvalue weighted by atomic mass is 15.4. The molecule has 0 amide bonds. The van der Waals surface area contributed by atoms with Gasteiger partial charge in [-0.15, -0.1) is 5.10 Å². The van der Waals surface area contributed by atoms with E-state index < -0.39 is 0 Å². The third-order valence-electron chi connectivity index (χ3n) is 2.81. The van der Waals surface area contributed by atoms with Crippen molar-refractivity contribution in [3.05, 3.63) is 42.0 Å². The molecule has 0 saturated carbocycles. The Morgan fingerprint density at radius 2 is 2.21 bits per heavy atom. The first-order chi connectivity index (χ1) is 9.28. The maximum Gasteiger partial charge on any atom is 0.0964 e. The first kappa shape index (κ1) is 13.6. The minimum absolute atomic E-state index is 0.754. The summed E-state index contributed by atoms with van der Waals surface area (Å²) in [6.45, 7) is 3.35. The molecular weight excluding hydrogens is 240 g/mol. The van der Waals surface area contributed by atoms with Crippen molar-refractivity contribution in [1.82, 2.24) is 30.2 Å². The van der Waals surface area contributed by atoms with Crippen molar-refractivity contribution in [3.63, 3.8) is 0 Å². The molecular formula is C13H20N6. The zero-order valence-electron chi connectivity index (χ0n) is 11.5. The molecule has 0 unspecified atom stereocenters. The van der Waals surface area contributed by atoms with E-state index in [1.165, 1.54) is 0 Å². The van der Waals surface area contributed by atoms with Crippen LogP contribution in [0.2, 0.25) is 0 Å². The standard InChI is InChI=1S/C13H20N6/c1-14-9-13-11-19(17-16-13)8-7-18(2)10-12-5-3-4-6-15-12/h3-6,11,14H,7-10H2,1-2H3. The molecule has 102 valence electrons. The molecule has 0 spiro atoms. The van der Waals surface area contributed by atoms with Crippen LogP contribution in [0.5, 0.6) is 0 Å². The van der Waals surface area contributed by atoms with E-state index in [0.29, 0.717) is 0 Å². The second kappa shape index (κ2) is 6.96. The summed E-state index contributed by atoms with van der Waals surface area (Å²) in [5.74, 6) is 0. The summed E-state index contributed by atoms with van der Waals surface area (Å²) in [5, 5.41) is 11.2. The van der Waals surface area contributed by atoms with Crippen LogP contribution in [0.15, 0.2) is 30.6 Å². The molecule has 6 nitrogen and oxygen atoms in total. The summed E-state index contributed by atoms with van der Waals surface area (Å²) >= 11 is 0. The average molecular weight is 260 g/mol. The number of aromatic nitrogens is 4. The minimum Gasteiger partial charge on any atom is -0.314 e. The lowest BCUT2D eigenvalue weighted by Gasteiger charge is -2.15. The zero-order chi connectivity index (χ0) is 13.5. The molecule has 0 aliphatic rings. The zero-order valence-corrected chi connectivity index (χ0v) is 11.5. The van der Waals surface area contributed by atoms with E-state index in [0.717, 1.165) is 37.6 Å². The van der Waals surface area contributed by atoms with Gasteiger partial charge in [-0.3, -0.25) is 14.6 Å². The first-order valence-electron chi connectivity index (χ1n) is 6.40. The summed E-state index contributed by atoms with van der Waals surface area (Å²) in [6.07, 6.45) is 3.80. The fourth-order valence-electron chi connectivity index (χ4n) is 1.83. The summed E-state index contributed by atoms with van der Waals surface area (Å²) in [5.41, 5.74) is 2.05. The smallest absolute Gasteiger partial charge is 0.0964 e. The Hall–Kier alpha value is -1.79. The Bertz CT molecular complexity index is 481. The summed E-state index contributed by atoms with van der Waals surface area (Å²) in [7, 11) is 3.99. The van der Waals surface area contributed by atoms with Crippen molar-refractivity contribution < 1.29 is 0 Å². The van der Waals surface area contributed by atoms with Crippen LogP contribution in [0.1, 0.15) is 11.4 Å². The van der Waals surface area contributed by atoms with E-state index in [-0.39, 0.29) is 0 Å². The third-order valence-corrected chi connectivity index (χ3v) is 2.81. The lowest BCUT2D eigenvalue weighted by atomic mass is 10.3. The monoisotopic (exact) mass is 260 g/mol. The largest absolute Gasteiger partial charge is 0.314 e. The second-order valence-electron chi connectivity index (χ2n) is 4.56.